The molecule has 0 unspecified atom stereocenters. The van der Waals surface area contributed by atoms with Gasteiger partial charge in [-0.25, -0.2) is 5.43 Å². The number of hydrogen-bond donors (Lipinski definition) is 3. The molecular formula is C16H15Br2N3O2. The van der Waals surface area contributed by atoms with E-state index in [-0.39, 0.29) is 18.2 Å². The maximum Gasteiger partial charge on any atom is 0.259 e. The Bertz CT molecular complexity index is 725. The molecule has 0 saturated heterocycles. The second-order valence-corrected chi connectivity index (χ2v) is 6.48. The maximum atomic E-state index is 11.8. The Morgan fingerprint density at radius 3 is 2.57 bits per heavy atom. The third-order valence-corrected chi connectivity index (χ3v) is 4.71. The molecule has 7 heteroatoms. The Morgan fingerprint density at radius 1 is 1.26 bits per heavy atom. The first kappa shape index (κ1) is 17.5. The predicted molar refractivity (Wildman–Crippen MR) is 98.9 cm³/mol. The Hall–Kier alpha value is -1.86. The molecule has 2 aromatic carbocycles. The van der Waals surface area contributed by atoms with Crippen LogP contribution in [0.15, 0.2) is 50.4 Å². The minimum Gasteiger partial charge on any atom is -0.507 e. The highest BCUT2D eigenvalue weighted by Crippen LogP contribution is 2.28. The molecule has 0 saturated carbocycles. The number of para-hydroxylation sites is 1. The fraction of sp³-hybridized carbons (Fsp3) is 0.125. The van der Waals surface area contributed by atoms with Crippen LogP contribution in [0.4, 0.5) is 5.69 Å². The minimum atomic E-state index is -0.288. The van der Waals surface area contributed by atoms with Crippen LogP contribution in [0.1, 0.15) is 11.1 Å². The van der Waals surface area contributed by atoms with E-state index in [1.165, 1.54) is 6.21 Å². The van der Waals surface area contributed by atoms with Crippen molar-refractivity contribution < 1.29 is 9.90 Å². The van der Waals surface area contributed by atoms with Gasteiger partial charge in [0.25, 0.3) is 5.91 Å². The zero-order valence-corrected chi connectivity index (χ0v) is 15.5. The number of aromatic hydroxyl groups is 1. The zero-order valence-electron chi connectivity index (χ0n) is 12.3. The third-order valence-electron chi connectivity index (χ3n) is 3.06. The van der Waals surface area contributed by atoms with Gasteiger partial charge in [-0.2, -0.15) is 5.10 Å². The van der Waals surface area contributed by atoms with Gasteiger partial charge in [-0.1, -0.05) is 44.0 Å². The van der Waals surface area contributed by atoms with Gasteiger partial charge in [-0.15, -0.1) is 0 Å². The van der Waals surface area contributed by atoms with Gasteiger partial charge in [0.2, 0.25) is 0 Å². The van der Waals surface area contributed by atoms with E-state index in [0.717, 1.165) is 20.2 Å². The summed E-state index contributed by atoms with van der Waals surface area (Å²) in [5.41, 5.74) is 4.84. The van der Waals surface area contributed by atoms with E-state index in [4.69, 9.17) is 0 Å². The van der Waals surface area contributed by atoms with Gasteiger partial charge >= 0.3 is 0 Å². The van der Waals surface area contributed by atoms with E-state index in [1.54, 1.807) is 24.3 Å². The SMILES string of the molecule is Cc1c(Br)cc(NCC(=O)NN=Cc2ccccc2O)cc1Br. The van der Waals surface area contributed by atoms with Crippen LogP contribution in [0, 0.1) is 6.92 Å². The molecule has 1 amide bonds. The predicted octanol–water partition coefficient (Wildman–Crippen LogP) is 3.79. The number of hydrogen-bond acceptors (Lipinski definition) is 4. The van der Waals surface area contributed by atoms with Crippen molar-refractivity contribution in [3.05, 3.63) is 56.5 Å². The largest absolute Gasteiger partial charge is 0.507 e. The highest BCUT2D eigenvalue weighted by atomic mass is 79.9. The average Bonchev–Trinajstić information content (AvgIpc) is 2.52. The molecule has 0 spiro atoms. The number of phenols is 1. The number of anilines is 1. The topological polar surface area (TPSA) is 73.7 Å². The smallest absolute Gasteiger partial charge is 0.259 e. The molecule has 23 heavy (non-hydrogen) atoms. The molecule has 3 N–H and O–H groups in total. The molecule has 2 rings (SSSR count). The number of hydrazone groups is 1. The van der Waals surface area contributed by atoms with Crippen LogP contribution in [-0.4, -0.2) is 23.8 Å². The van der Waals surface area contributed by atoms with Crippen LogP contribution in [0.25, 0.3) is 0 Å². The average molecular weight is 441 g/mol. The van der Waals surface area contributed by atoms with Crippen molar-refractivity contribution in [3.63, 3.8) is 0 Å². The number of benzene rings is 2. The first-order valence-electron chi connectivity index (χ1n) is 6.77. The molecule has 5 nitrogen and oxygen atoms in total. The van der Waals surface area contributed by atoms with Crippen molar-refractivity contribution in [1.82, 2.24) is 5.43 Å². The number of nitrogens with zero attached hydrogens (tertiary/aromatic N) is 1. The fourth-order valence-electron chi connectivity index (χ4n) is 1.74. The molecule has 120 valence electrons. The standard InChI is InChI=1S/C16H15Br2N3O2/c1-10-13(17)6-12(7-14(10)18)19-9-16(23)21-20-8-11-4-2-3-5-15(11)22/h2-8,19,22H,9H2,1H3,(H,21,23). The summed E-state index contributed by atoms with van der Waals surface area (Å²) in [5.74, 6) is -0.178. The van der Waals surface area contributed by atoms with E-state index in [1.807, 2.05) is 19.1 Å². The Labute approximate surface area is 151 Å². The number of rotatable bonds is 5. The molecule has 0 heterocycles. The van der Waals surface area contributed by atoms with Crippen molar-refractivity contribution in [3.8, 4) is 5.75 Å². The van der Waals surface area contributed by atoms with E-state index in [9.17, 15) is 9.90 Å². The van der Waals surface area contributed by atoms with Crippen LogP contribution in [0.5, 0.6) is 5.75 Å². The van der Waals surface area contributed by atoms with Gasteiger partial charge in [-0.05, 0) is 36.8 Å². The van der Waals surface area contributed by atoms with Crippen molar-refractivity contribution in [2.24, 2.45) is 5.10 Å². The molecule has 0 aliphatic rings. The molecule has 0 aliphatic heterocycles. The normalized spacial score (nSPS) is 10.7. The lowest BCUT2D eigenvalue weighted by atomic mass is 10.2. The highest BCUT2D eigenvalue weighted by molar-refractivity contribution is 9.11. The van der Waals surface area contributed by atoms with Crippen LogP contribution in [0.3, 0.4) is 0 Å². The quantitative estimate of drug-likeness (QED) is 0.489. The maximum absolute atomic E-state index is 11.8. The van der Waals surface area contributed by atoms with Gasteiger partial charge in [0.1, 0.15) is 5.75 Å². The first-order valence-corrected chi connectivity index (χ1v) is 8.35. The Balaban J connectivity index is 1.87. The molecule has 0 radical (unpaired) electrons. The Kier molecular flexibility index (Phi) is 6.18. The molecule has 0 aromatic heterocycles. The number of carbonyl (C=O) groups excluding carboxylic acids is 1. The van der Waals surface area contributed by atoms with Crippen LogP contribution < -0.4 is 10.7 Å². The van der Waals surface area contributed by atoms with Gasteiger partial charge in [0, 0.05) is 20.2 Å². The van der Waals surface area contributed by atoms with E-state index >= 15 is 0 Å². The fourth-order valence-corrected chi connectivity index (χ4v) is 2.93. The minimum absolute atomic E-state index is 0.0834. The summed E-state index contributed by atoms with van der Waals surface area (Å²) < 4.78 is 1.90. The summed E-state index contributed by atoms with van der Waals surface area (Å²) in [4.78, 5) is 11.8. The lowest BCUT2D eigenvalue weighted by molar-refractivity contribution is -0.119. The van der Waals surface area contributed by atoms with E-state index in [2.05, 4.69) is 47.7 Å². The van der Waals surface area contributed by atoms with Gasteiger partial charge in [0.05, 0.1) is 12.8 Å². The molecule has 2 aromatic rings. The van der Waals surface area contributed by atoms with Crippen molar-refractivity contribution in [2.75, 3.05) is 11.9 Å². The molecular weight excluding hydrogens is 426 g/mol. The second kappa shape index (κ2) is 8.12. The summed E-state index contributed by atoms with van der Waals surface area (Å²) in [6.45, 7) is 2.07. The summed E-state index contributed by atoms with van der Waals surface area (Å²) in [7, 11) is 0. The van der Waals surface area contributed by atoms with Gasteiger partial charge < -0.3 is 10.4 Å². The molecule has 0 aliphatic carbocycles. The second-order valence-electron chi connectivity index (χ2n) is 4.77. The number of amides is 1. The lowest BCUT2D eigenvalue weighted by Crippen LogP contribution is -2.25. The number of nitrogens with one attached hydrogen (secondary N) is 2. The van der Waals surface area contributed by atoms with Crippen molar-refractivity contribution in [1.29, 1.82) is 0 Å². The zero-order chi connectivity index (χ0) is 16.8. The summed E-state index contributed by atoms with van der Waals surface area (Å²) in [6, 6.07) is 10.5. The summed E-state index contributed by atoms with van der Waals surface area (Å²) in [6.07, 6.45) is 1.40. The third kappa shape index (κ3) is 5.07. The molecule has 0 atom stereocenters. The van der Waals surface area contributed by atoms with Gasteiger partial charge in [-0.3, -0.25) is 4.79 Å². The van der Waals surface area contributed by atoms with Crippen molar-refractivity contribution >= 4 is 49.7 Å². The van der Waals surface area contributed by atoms with E-state index < -0.39 is 0 Å². The Morgan fingerprint density at radius 2 is 1.91 bits per heavy atom. The number of carbonyl (C=O) groups is 1. The van der Waals surface area contributed by atoms with Crippen LogP contribution in [-0.2, 0) is 4.79 Å². The van der Waals surface area contributed by atoms with Crippen molar-refractivity contribution in [2.45, 2.75) is 6.92 Å². The molecule has 0 bridgehead atoms. The van der Waals surface area contributed by atoms with Crippen LogP contribution >= 0.6 is 31.9 Å². The lowest BCUT2D eigenvalue weighted by Gasteiger charge is -2.09. The molecule has 0 fully saturated rings. The number of halogens is 2. The first-order chi connectivity index (χ1) is 11.0. The number of phenolic OH excluding ortho intramolecular Hbond substituents is 1. The highest BCUT2D eigenvalue weighted by Gasteiger charge is 2.05. The van der Waals surface area contributed by atoms with E-state index in [0.29, 0.717) is 5.56 Å². The van der Waals surface area contributed by atoms with Gasteiger partial charge in [0.15, 0.2) is 0 Å². The van der Waals surface area contributed by atoms with Crippen LogP contribution in [0.2, 0.25) is 0 Å². The summed E-state index contributed by atoms with van der Waals surface area (Å²) in [5, 5.41) is 16.4. The monoisotopic (exact) mass is 439 g/mol. The summed E-state index contributed by atoms with van der Waals surface area (Å²) >= 11 is 6.92.